The van der Waals surface area contributed by atoms with Crippen LogP contribution in [0.2, 0.25) is 0 Å². The lowest BCUT2D eigenvalue weighted by Crippen LogP contribution is -2.56. The molecular formula is C14H23NO2. The molecule has 0 unspecified atom stereocenters. The number of ether oxygens (including phenoxy) is 2. The van der Waals surface area contributed by atoms with Crippen LogP contribution in [0.15, 0.2) is 12.7 Å². The molecule has 3 fully saturated rings. The first kappa shape index (κ1) is 11.7. The second kappa shape index (κ2) is 5.09. The molecule has 0 aromatic rings. The highest BCUT2D eigenvalue weighted by Gasteiger charge is 2.45. The molecule has 96 valence electrons. The van der Waals surface area contributed by atoms with Gasteiger partial charge in [-0.15, -0.1) is 6.58 Å². The zero-order valence-corrected chi connectivity index (χ0v) is 10.5. The van der Waals surface area contributed by atoms with Gasteiger partial charge in [-0.05, 0) is 25.7 Å². The molecule has 0 radical (unpaired) electrons. The predicted octanol–water partition coefficient (Wildman–Crippen LogP) is 1.97. The van der Waals surface area contributed by atoms with Crippen molar-refractivity contribution in [3.8, 4) is 0 Å². The highest BCUT2D eigenvalue weighted by molar-refractivity contribution is 4.99. The van der Waals surface area contributed by atoms with E-state index >= 15 is 0 Å². The molecule has 3 heteroatoms. The minimum absolute atomic E-state index is 0.292. The Morgan fingerprint density at radius 2 is 2.18 bits per heavy atom. The Morgan fingerprint density at radius 3 is 2.88 bits per heavy atom. The van der Waals surface area contributed by atoms with Gasteiger partial charge in [0.2, 0.25) is 0 Å². The first-order valence-corrected chi connectivity index (χ1v) is 7.00. The summed E-state index contributed by atoms with van der Waals surface area (Å²) in [5.74, 6) is 0. The quantitative estimate of drug-likeness (QED) is 0.698. The third-order valence-corrected chi connectivity index (χ3v) is 4.55. The number of morpholine rings is 1. The summed E-state index contributed by atoms with van der Waals surface area (Å²) >= 11 is 0. The summed E-state index contributed by atoms with van der Waals surface area (Å²) in [6.07, 6.45) is 9.01. The lowest BCUT2D eigenvalue weighted by molar-refractivity contribution is -0.125. The van der Waals surface area contributed by atoms with Crippen LogP contribution in [0.4, 0.5) is 0 Å². The highest BCUT2D eigenvalue weighted by atomic mass is 16.5. The van der Waals surface area contributed by atoms with Gasteiger partial charge in [-0.1, -0.05) is 12.5 Å². The van der Waals surface area contributed by atoms with Gasteiger partial charge in [-0.2, -0.15) is 0 Å². The first-order valence-electron chi connectivity index (χ1n) is 7.00. The van der Waals surface area contributed by atoms with Crippen molar-refractivity contribution in [2.24, 2.45) is 0 Å². The van der Waals surface area contributed by atoms with Gasteiger partial charge in [0.15, 0.2) is 0 Å². The summed E-state index contributed by atoms with van der Waals surface area (Å²) in [4.78, 5) is 2.70. The Kier molecular flexibility index (Phi) is 3.50. The molecule has 3 nitrogen and oxygen atoms in total. The van der Waals surface area contributed by atoms with Crippen molar-refractivity contribution >= 4 is 0 Å². The molecule has 17 heavy (non-hydrogen) atoms. The molecule has 0 spiro atoms. The SMILES string of the molecule is C=CCO[C@@H]1CC[C@@H]2[C@H]1OCCN2C1CCC1. The predicted molar refractivity (Wildman–Crippen MR) is 67.0 cm³/mol. The third kappa shape index (κ3) is 2.16. The van der Waals surface area contributed by atoms with Crippen LogP contribution in [-0.4, -0.2) is 49.0 Å². The van der Waals surface area contributed by atoms with Gasteiger partial charge in [0.25, 0.3) is 0 Å². The Labute approximate surface area is 104 Å². The molecule has 1 saturated heterocycles. The maximum absolute atomic E-state index is 5.96. The first-order chi connectivity index (χ1) is 8.40. The van der Waals surface area contributed by atoms with Gasteiger partial charge in [-0.3, -0.25) is 4.90 Å². The Bertz CT molecular complexity index is 277. The Morgan fingerprint density at radius 1 is 1.29 bits per heavy atom. The fourth-order valence-electron chi connectivity index (χ4n) is 3.49. The summed E-state index contributed by atoms with van der Waals surface area (Å²) in [6, 6.07) is 1.45. The van der Waals surface area contributed by atoms with E-state index in [1.807, 2.05) is 6.08 Å². The van der Waals surface area contributed by atoms with E-state index in [1.165, 1.54) is 25.7 Å². The van der Waals surface area contributed by atoms with E-state index < -0.39 is 0 Å². The molecule has 0 bridgehead atoms. The second-order valence-electron chi connectivity index (χ2n) is 5.46. The standard InChI is InChI=1S/C14H23NO2/c1-2-9-16-13-7-6-12-14(13)17-10-8-15(12)11-4-3-5-11/h2,11-14H,1,3-10H2/t12-,13-,14-/m1/s1. The van der Waals surface area contributed by atoms with E-state index in [1.54, 1.807) is 0 Å². The summed E-state index contributed by atoms with van der Waals surface area (Å²) < 4.78 is 11.8. The van der Waals surface area contributed by atoms with Crippen LogP contribution in [-0.2, 0) is 9.47 Å². The van der Waals surface area contributed by atoms with Crippen LogP contribution < -0.4 is 0 Å². The van der Waals surface area contributed by atoms with Crippen LogP contribution in [0.25, 0.3) is 0 Å². The van der Waals surface area contributed by atoms with Crippen LogP contribution >= 0.6 is 0 Å². The van der Waals surface area contributed by atoms with Gasteiger partial charge >= 0.3 is 0 Å². The molecular weight excluding hydrogens is 214 g/mol. The fourth-order valence-corrected chi connectivity index (χ4v) is 3.49. The zero-order valence-electron chi connectivity index (χ0n) is 10.5. The molecule has 1 heterocycles. The topological polar surface area (TPSA) is 21.7 Å². The molecule has 0 N–H and O–H groups in total. The molecule has 0 aromatic carbocycles. The third-order valence-electron chi connectivity index (χ3n) is 4.55. The minimum atomic E-state index is 0.292. The van der Waals surface area contributed by atoms with E-state index in [0.29, 0.717) is 24.9 Å². The minimum Gasteiger partial charge on any atom is -0.373 e. The number of rotatable bonds is 4. The number of fused-ring (bicyclic) bond motifs is 1. The van der Waals surface area contributed by atoms with E-state index in [-0.39, 0.29) is 0 Å². The van der Waals surface area contributed by atoms with Crippen molar-refractivity contribution in [3.63, 3.8) is 0 Å². The Hall–Kier alpha value is -0.380. The normalized spacial score (nSPS) is 38.7. The summed E-state index contributed by atoms with van der Waals surface area (Å²) in [6.45, 7) is 6.37. The van der Waals surface area contributed by atoms with Gasteiger partial charge in [0.05, 0.1) is 25.4 Å². The van der Waals surface area contributed by atoms with Crippen molar-refractivity contribution in [3.05, 3.63) is 12.7 Å². The molecule has 2 aliphatic carbocycles. The van der Waals surface area contributed by atoms with Crippen LogP contribution in [0.1, 0.15) is 32.1 Å². The maximum Gasteiger partial charge on any atom is 0.0992 e. The lowest BCUT2D eigenvalue weighted by Gasteiger charge is -2.46. The van der Waals surface area contributed by atoms with E-state index in [0.717, 1.165) is 25.6 Å². The van der Waals surface area contributed by atoms with Gasteiger partial charge in [0.1, 0.15) is 0 Å². The average Bonchev–Trinajstić information content (AvgIpc) is 2.68. The average molecular weight is 237 g/mol. The summed E-state index contributed by atoms with van der Waals surface area (Å²) in [7, 11) is 0. The van der Waals surface area contributed by atoms with E-state index in [4.69, 9.17) is 9.47 Å². The van der Waals surface area contributed by atoms with Gasteiger partial charge < -0.3 is 9.47 Å². The number of nitrogens with zero attached hydrogens (tertiary/aromatic N) is 1. The highest BCUT2D eigenvalue weighted by Crippen LogP contribution is 2.37. The Balaban J connectivity index is 1.63. The van der Waals surface area contributed by atoms with Crippen LogP contribution in [0, 0.1) is 0 Å². The number of hydrogen-bond donors (Lipinski definition) is 0. The summed E-state index contributed by atoms with van der Waals surface area (Å²) in [5.41, 5.74) is 0. The monoisotopic (exact) mass is 237 g/mol. The molecule has 0 aromatic heterocycles. The van der Waals surface area contributed by atoms with E-state index in [9.17, 15) is 0 Å². The smallest absolute Gasteiger partial charge is 0.0992 e. The molecule has 3 atom stereocenters. The molecule has 0 amide bonds. The van der Waals surface area contributed by atoms with Crippen molar-refractivity contribution < 1.29 is 9.47 Å². The van der Waals surface area contributed by atoms with Crippen LogP contribution in [0.5, 0.6) is 0 Å². The molecule has 1 aliphatic heterocycles. The van der Waals surface area contributed by atoms with Crippen LogP contribution in [0.3, 0.4) is 0 Å². The second-order valence-corrected chi connectivity index (χ2v) is 5.46. The molecule has 3 rings (SSSR count). The van der Waals surface area contributed by atoms with Gasteiger partial charge in [-0.25, -0.2) is 0 Å². The van der Waals surface area contributed by atoms with Gasteiger partial charge in [0, 0.05) is 18.6 Å². The van der Waals surface area contributed by atoms with Crippen molar-refractivity contribution in [2.75, 3.05) is 19.8 Å². The molecule has 2 saturated carbocycles. The summed E-state index contributed by atoms with van der Waals surface area (Å²) in [5, 5.41) is 0. The van der Waals surface area contributed by atoms with Crippen molar-refractivity contribution in [1.82, 2.24) is 4.90 Å². The maximum atomic E-state index is 5.96. The number of hydrogen-bond acceptors (Lipinski definition) is 3. The zero-order chi connectivity index (χ0) is 11.7. The van der Waals surface area contributed by atoms with E-state index in [2.05, 4.69) is 11.5 Å². The fraction of sp³-hybridized carbons (Fsp3) is 0.857. The van der Waals surface area contributed by atoms with Crippen molar-refractivity contribution in [1.29, 1.82) is 0 Å². The van der Waals surface area contributed by atoms with Crippen molar-refractivity contribution in [2.45, 2.75) is 56.4 Å². The lowest BCUT2D eigenvalue weighted by atomic mass is 9.89. The largest absolute Gasteiger partial charge is 0.373 e. The molecule has 3 aliphatic rings.